The van der Waals surface area contributed by atoms with E-state index in [-0.39, 0.29) is 23.5 Å². The number of nitrogens with zero attached hydrogens (tertiary/aromatic N) is 4. The highest BCUT2D eigenvalue weighted by molar-refractivity contribution is 5.82. The molecule has 2 aromatic heterocycles. The fourth-order valence-corrected chi connectivity index (χ4v) is 3.54. The average molecular weight is 449 g/mol. The first-order chi connectivity index (χ1) is 15.2. The van der Waals surface area contributed by atoms with Crippen LogP contribution < -0.4 is 5.32 Å². The van der Waals surface area contributed by atoms with Gasteiger partial charge in [-0.1, -0.05) is 18.1 Å². The Bertz CT molecular complexity index is 1180. The molecule has 0 radical (unpaired) electrons. The van der Waals surface area contributed by atoms with Crippen LogP contribution in [0.25, 0.3) is 11.2 Å². The number of imidazole rings is 1. The van der Waals surface area contributed by atoms with Crippen molar-refractivity contribution in [2.24, 2.45) is 0 Å². The highest BCUT2D eigenvalue weighted by Gasteiger charge is 2.55. The van der Waals surface area contributed by atoms with E-state index < -0.39 is 42.4 Å². The molecule has 4 rings (SSSR count). The third kappa shape index (κ3) is 3.65. The Morgan fingerprint density at radius 1 is 1.28 bits per heavy atom. The normalized spacial score (nSPS) is 25.7. The van der Waals surface area contributed by atoms with Crippen LogP contribution in [-0.2, 0) is 17.5 Å². The number of aliphatic hydroxyl groups excluding tert-OH is 2. The number of anilines is 1. The van der Waals surface area contributed by atoms with Crippen LogP contribution >= 0.6 is 0 Å². The first-order valence-electron chi connectivity index (χ1n) is 9.41. The molecule has 1 aromatic carbocycles. The maximum absolute atomic E-state index is 12.9. The van der Waals surface area contributed by atoms with Crippen molar-refractivity contribution in [3.05, 3.63) is 48.0 Å². The van der Waals surface area contributed by atoms with Gasteiger partial charge in [0, 0.05) is 6.54 Å². The number of hydrogen-bond acceptors (Lipinski definition) is 8. The fourth-order valence-electron chi connectivity index (χ4n) is 3.54. The Kier molecular flexibility index (Phi) is 5.51. The molecule has 32 heavy (non-hydrogen) atoms. The van der Waals surface area contributed by atoms with Crippen LogP contribution in [0.1, 0.15) is 17.4 Å². The molecule has 1 saturated heterocycles. The van der Waals surface area contributed by atoms with Crippen molar-refractivity contribution in [2.45, 2.75) is 36.8 Å². The van der Waals surface area contributed by atoms with Crippen LogP contribution in [0, 0.1) is 12.3 Å². The Morgan fingerprint density at radius 2 is 2.06 bits per heavy atom. The van der Waals surface area contributed by atoms with Gasteiger partial charge < -0.3 is 25.4 Å². The second kappa shape index (κ2) is 8.03. The number of benzene rings is 1. The van der Waals surface area contributed by atoms with Gasteiger partial charge in [-0.2, -0.15) is 13.2 Å². The van der Waals surface area contributed by atoms with E-state index >= 15 is 0 Å². The summed E-state index contributed by atoms with van der Waals surface area (Å²) in [7, 11) is 0. The van der Waals surface area contributed by atoms with Crippen molar-refractivity contribution in [1.82, 2.24) is 19.5 Å². The zero-order valence-electron chi connectivity index (χ0n) is 16.4. The summed E-state index contributed by atoms with van der Waals surface area (Å²) in [5.74, 6) is 2.30. The van der Waals surface area contributed by atoms with Gasteiger partial charge in [0.2, 0.25) is 0 Å². The average Bonchev–Trinajstić information content (AvgIpc) is 3.31. The van der Waals surface area contributed by atoms with E-state index in [1.54, 1.807) is 0 Å². The number of alkyl halides is 3. The molecule has 0 amide bonds. The summed E-state index contributed by atoms with van der Waals surface area (Å²) in [5.41, 5.74) is -2.03. The highest BCUT2D eigenvalue weighted by atomic mass is 19.4. The molecule has 1 aliphatic rings. The molecule has 3 aromatic rings. The van der Waals surface area contributed by atoms with Crippen molar-refractivity contribution in [2.75, 3.05) is 11.9 Å². The molecule has 0 spiro atoms. The monoisotopic (exact) mass is 449 g/mol. The van der Waals surface area contributed by atoms with E-state index in [0.717, 1.165) is 12.1 Å². The topological polar surface area (TPSA) is 126 Å². The van der Waals surface area contributed by atoms with Gasteiger partial charge >= 0.3 is 6.18 Å². The summed E-state index contributed by atoms with van der Waals surface area (Å²) >= 11 is 0. The fraction of sp³-hybridized carbons (Fsp3) is 0.350. The lowest BCUT2D eigenvalue weighted by Gasteiger charge is -2.23. The van der Waals surface area contributed by atoms with Gasteiger partial charge in [0.25, 0.3) is 0 Å². The minimum Gasteiger partial charge on any atom is -0.394 e. The quantitative estimate of drug-likeness (QED) is 0.427. The second-order valence-electron chi connectivity index (χ2n) is 7.21. The second-order valence-corrected chi connectivity index (χ2v) is 7.21. The summed E-state index contributed by atoms with van der Waals surface area (Å²) in [4.78, 5) is 12.4. The summed E-state index contributed by atoms with van der Waals surface area (Å²) < 4.78 is 45.6. The van der Waals surface area contributed by atoms with Crippen LogP contribution in [0.15, 0.2) is 36.9 Å². The van der Waals surface area contributed by atoms with Gasteiger partial charge in [0.15, 0.2) is 28.8 Å². The molecule has 168 valence electrons. The van der Waals surface area contributed by atoms with Gasteiger partial charge in [-0.3, -0.25) is 4.57 Å². The van der Waals surface area contributed by atoms with Crippen LogP contribution in [-0.4, -0.2) is 59.3 Å². The molecule has 1 fully saturated rings. The van der Waals surface area contributed by atoms with Crippen molar-refractivity contribution >= 4 is 17.0 Å². The molecule has 3 heterocycles. The first-order valence-corrected chi connectivity index (χ1v) is 9.41. The minimum absolute atomic E-state index is 0.0366. The predicted molar refractivity (Wildman–Crippen MR) is 105 cm³/mol. The molecule has 0 saturated carbocycles. The lowest BCUT2D eigenvalue weighted by molar-refractivity contribution is -0.137. The van der Waals surface area contributed by atoms with E-state index in [4.69, 9.17) is 11.2 Å². The maximum Gasteiger partial charge on any atom is 0.416 e. The molecular formula is C20H18F3N5O4. The number of nitrogens with one attached hydrogen (secondary N) is 1. The molecule has 4 atom stereocenters. The zero-order chi connectivity index (χ0) is 23.1. The summed E-state index contributed by atoms with van der Waals surface area (Å²) in [5, 5.41) is 33.4. The van der Waals surface area contributed by atoms with Gasteiger partial charge in [0.1, 0.15) is 18.5 Å². The first kappa shape index (κ1) is 22.0. The molecule has 0 bridgehead atoms. The summed E-state index contributed by atoms with van der Waals surface area (Å²) in [6.45, 7) is -0.589. The zero-order valence-corrected chi connectivity index (χ0v) is 16.4. The molecule has 12 heteroatoms. The SMILES string of the molecule is C#C[C@]1(O)C(O)[C@H](n2cnc3c(NCc4cccc(C(F)(F)F)c4)ncnc32)O[C@@H]1CO. The third-order valence-corrected chi connectivity index (χ3v) is 5.26. The minimum atomic E-state index is -4.45. The van der Waals surface area contributed by atoms with Crippen LogP contribution in [0.5, 0.6) is 0 Å². The molecule has 0 aliphatic carbocycles. The maximum atomic E-state index is 12.9. The molecule has 1 aliphatic heterocycles. The Morgan fingerprint density at radius 3 is 2.72 bits per heavy atom. The van der Waals surface area contributed by atoms with Gasteiger partial charge in [-0.15, -0.1) is 6.42 Å². The predicted octanol–water partition coefficient (Wildman–Crippen LogP) is 1.07. The van der Waals surface area contributed by atoms with E-state index in [2.05, 4.69) is 26.2 Å². The van der Waals surface area contributed by atoms with E-state index in [9.17, 15) is 28.5 Å². The number of aromatic nitrogens is 4. The van der Waals surface area contributed by atoms with Crippen LogP contribution in [0.2, 0.25) is 0 Å². The van der Waals surface area contributed by atoms with E-state index in [1.165, 1.54) is 29.4 Å². The standard InChI is InChI=1S/C20H18F3N5O4/c1-2-19(31)13(8-29)32-18(15(19)30)28-10-27-14-16(25-9-26-17(14)28)24-7-11-4-3-5-12(6-11)20(21,22)23/h1,3-6,9-10,13,15,18,29-31H,7-8H2,(H,24,25,26)/t13-,15?,18-,19-/m1/s1. The van der Waals surface area contributed by atoms with Crippen molar-refractivity contribution in [3.63, 3.8) is 0 Å². The number of rotatable bonds is 5. The van der Waals surface area contributed by atoms with Crippen molar-refractivity contribution in [1.29, 1.82) is 0 Å². The number of terminal acetylenes is 1. The van der Waals surface area contributed by atoms with E-state index in [0.29, 0.717) is 5.56 Å². The number of aliphatic hydroxyl groups is 3. The number of halogens is 3. The Hall–Kier alpha value is -3.24. The van der Waals surface area contributed by atoms with Gasteiger partial charge in [0.05, 0.1) is 18.5 Å². The van der Waals surface area contributed by atoms with Crippen molar-refractivity contribution in [3.8, 4) is 12.3 Å². The molecule has 4 N–H and O–H groups in total. The summed E-state index contributed by atoms with van der Waals surface area (Å²) in [6, 6.07) is 4.87. The van der Waals surface area contributed by atoms with Crippen LogP contribution in [0.4, 0.5) is 19.0 Å². The van der Waals surface area contributed by atoms with Gasteiger partial charge in [-0.05, 0) is 17.7 Å². The smallest absolute Gasteiger partial charge is 0.394 e. The number of ether oxygens (including phenoxy) is 1. The summed E-state index contributed by atoms with van der Waals surface area (Å²) in [6.07, 6.45) is -0.639. The van der Waals surface area contributed by atoms with Gasteiger partial charge in [-0.25, -0.2) is 15.0 Å². The largest absolute Gasteiger partial charge is 0.416 e. The molecule has 9 nitrogen and oxygen atoms in total. The third-order valence-electron chi connectivity index (χ3n) is 5.26. The number of hydrogen-bond donors (Lipinski definition) is 4. The van der Waals surface area contributed by atoms with Crippen LogP contribution in [0.3, 0.4) is 0 Å². The Labute approximate surface area is 179 Å². The lowest BCUT2D eigenvalue weighted by atomic mass is 9.93. The number of fused-ring (bicyclic) bond motifs is 1. The lowest BCUT2D eigenvalue weighted by Crippen LogP contribution is -2.47. The van der Waals surface area contributed by atoms with Crippen molar-refractivity contribution < 1.29 is 33.2 Å². The van der Waals surface area contributed by atoms with E-state index in [1.807, 2.05) is 0 Å². The highest BCUT2D eigenvalue weighted by Crippen LogP contribution is 2.38. The Balaban J connectivity index is 1.60. The molecular weight excluding hydrogens is 431 g/mol. The molecule has 1 unspecified atom stereocenters.